The first-order valence-electron chi connectivity index (χ1n) is 7.31. The fraction of sp³-hybridized carbons (Fsp3) is 0.333. The van der Waals surface area contributed by atoms with E-state index in [-0.39, 0.29) is 27.5 Å². The Labute approximate surface area is 140 Å². The van der Waals surface area contributed by atoms with Gasteiger partial charge in [-0.15, -0.1) is 0 Å². The van der Waals surface area contributed by atoms with Crippen LogP contribution in [-0.2, 0) is 9.84 Å². The summed E-state index contributed by atoms with van der Waals surface area (Å²) in [5.41, 5.74) is 13.0. The van der Waals surface area contributed by atoms with Crippen LogP contribution < -0.4 is 16.8 Å². The number of amides is 1. The molecule has 0 aliphatic rings. The third-order valence-corrected chi connectivity index (χ3v) is 4.71. The third-order valence-electron chi connectivity index (χ3n) is 3.51. The van der Waals surface area contributed by atoms with Crippen molar-refractivity contribution in [3.63, 3.8) is 0 Å². The number of nitrogens with one attached hydrogen (secondary N) is 1. The van der Waals surface area contributed by atoms with Crippen molar-refractivity contribution in [2.45, 2.75) is 25.7 Å². The lowest BCUT2D eigenvalue weighted by atomic mass is 10.1. The lowest BCUT2D eigenvalue weighted by Crippen LogP contribution is -2.26. The molecule has 1 amide bonds. The van der Waals surface area contributed by atoms with Crippen molar-refractivity contribution in [1.29, 1.82) is 0 Å². The van der Waals surface area contributed by atoms with E-state index >= 15 is 0 Å². The van der Waals surface area contributed by atoms with Gasteiger partial charge in [-0.1, -0.05) is 0 Å². The molecule has 0 atom stereocenters. The fourth-order valence-corrected chi connectivity index (χ4v) is 3.63. The number of nitrogen functional groups attached to an aromatic ring is 2. The summed E-state index contributed by atoms with van der Waals surface area (Å²) in [6.45, 7) is 5.72. The number of hydrogen-bond acceptors (Lipinski definition) is 6. The first kappa shape index (κ1) is 17.8. The molecule has 0 bridgehead atoms. The molecule has 1 heterocycles. The highest BCUT2D eigenvalue weighted by atomic mass is 32.2. The van der Waals surface area contributed by atoms with Crippen LogP contribution in [0.2, 0.25) is 0 Å². The summed E-state index contributed by atoms with van der Waals surface area (Å²) in [6.07, 6.45) is 2.71. The van der Waals surface area contributed by atoms with Gasteiger partial charge in [-0.2, -0.15) is 0 Å². The highest BCUT2D eigenvalue weighted by molar-refractivity contribution is 7.91. The Bertz CT molecular complexity index is 916. The number of aromatic nitrogens is 2. The van der Waals surface area contributed by atoms with Crippen LogP contribution in [0.25, 0.3) is 5.69 Å². The maximum Gasteiger partial charge on any atom is 0.253 e. The maximum absolute atomic E-state index is 12.4. The van der Waals surface area contributed by atoms with Crippen LogP contribution in [0.15, 0.2) is 17.2 Å². The van der Waals surface area contributed by atoms with Crippen LogP contribution in [0.3, 0.4) is 0 Å². The minimum atomic E-state index is -3.67. The van der Waals surface area contributed by atoms with E-state index in [1.807, 2.05) is 0 Å². The zero-order valence-corrected chi connectivity index (χ0v) is 14.9. The largest absolute Gasteiger partial charge is 0.398 e. The molecular formula is C15H21N5O3S. The number of sulfone groups is 1. The second kappa shape index (κ2) is 6.16. The van der Waals surface area contributed by atoms with Crippen LogP contribution in [0, 0.1) is 13.8 Å². The smallest absolute Gasteiger partial charge is 0.253 e. The predicted octanol–water partition coefficient (Wildman–Crippen LogP) is 0.807. The van der Waals surface area contributed by atoms with Crippen LogP contribution in [0.1, 0.15) is 28.8 Å². The Morgan fingerprint density at radius 3 is 2.42 bits per heavy atom. The molecule has 9 heteroatoms. The minimum absolute atomic E-state index is 0.0607. The molecule has 0 saturated heterocycles. The summed E-state index contributed by atoms with van der Waals surface area (Å²) in [5, 5.41) is 2.68. The van der Waals surface area contributed by atoms with E-state index in [2.05, 4.69) is 10.3 Å². The van der Waals surface area contributed by atoms with E-state index in [4.69, 9.17) is 11.5 Å². The van der Waals surface area contributed by atoms with Gasteiger partial charge in [0.1, 0.15) is 10.7 Å². The number of aryl methyl sites for hydroxylation is 2. The number of rotatable bonds is 4. The molecule has 0 radical (unpaired) electrons. The second-order valence-corrected chi connectivity index (χ2v) is 7.49. The number of carbonyl (C=O) groups is 1. The average Bonchev–Trinajstić information content (AvgIpc) is 2.75. The van der Waals surface area contributed by atoms with Crippen molar-refractivity contribution in [3.05, 3.63) is 29.3 Å². The zero-order valence-electron chi connectivity index (χ0n) is 14.0. The van der Waals surface area contributed by atoms with Gasteiger partial charge in [-0.05, 0) is 26.8 Å². The van der Waals surface area contributed by atoms with Gasteiger partial charge in [-0.3, -0.25) is 4.79 Å². The summed E-state index contributed by atoms with van der Waals surface area (Å²) < 4.78 is 25.7. The number of anilines is 2. The Kier molecular flexibility index (Phi) is 4.57. The summed E-state index contributed by atoms with van der Waals surface area (Å²) in [5.74, 6) is 0.186. The van der Waals surface area contributed by atoms with Gasteiger partial charge in [0.25, 0.3) is 5.91 Å². The Morgan fingerprint density at radius 1 is 1.33 bits per heavy atom. The number of nitrogens with zero attached hydrogens (tertiary/aromatic N) is 2. The van der Waals surface area contributed by atoms with Gasteiger partial charge >= 0.3 is 0 Å². The lowest BCUT2D eigenvalue weighted by molar-refractivity contribution is 0.0956. The van der Waals surface area contributed by atoms with Crippen LogP contribution >= 0.6 is 0 Å². The van der Waals surface area contributed by atoms with Gasteiger partial charge in [0.15, 0.2) is 9.84 Å². The molecule has 0 unspecified atom stereocenters. The minimum Gasteiger partial charge on any atom is -0.398 e. The van der Waals surface area contributed by atoms with Crippen LogP contribution in [0.5, 0.6) is 0 Å². The molecule has 1 aromatic heterocycles. The molecule has 0 spiro atoms. The van der Waals surface area contributed by atoms with Gasteiger partial charge in [0, 0.05) is 19.0 Å². The number of imidazole rings is 1. The van der Waals surface area contributed by atoms with Crippen molar-refractivity contribution < 1.29 is 13.2 Å². The molecule has 1 aromatic carbocycles. The summed E-state index contributed by atoms with van der Waals surface area (Å²) >= 11 is 0. The van der Waals surface area contributed by atoms with E-state index in [0.717, 1.165) is 6.26 Å². The molecule has 24 heavy (non-hydrogen) atoms. The molecule has 0 aliphatic carbocycles. The van der Waals surface area contributed by atoms with Gasteiger partial charge in [0.05, 0.1) is 28.3 Å². The Hall–Kier alpha value is -2.55. The van der Waals surface area contributed by atoms with Crippen molar-refractivity contribution >= 4 is 27.1 Å². The quantitative estimate of drug-likeness (QED) is 0.698. The maximum atomic E-state index is 12.4. The molecule has 0 aliphatic heterocycles. The van der Waals surface area contributed by atoms with E-state index in [9.17, 15) is 13.2 Å². The number of hydrogen-bond donors (Lipinski definition) is 3. The summed E-state index contributed by atoms with van der Waals surface area (Å²) in [7, 11) is -3.67. The van der Waals surface area contributed by atoms with Gasteiger partial charge < -0.3 is 21.4 Å². The summed E-state index contributed by atoms with van der Waals surface area (Å²) in [6, 6.07) is 1.34. The second-order valence-electron chi connectivity index (χ2n) is 5.54. The van der Waals surface area contributed by atoms with E-state index in [1.165, 1.54) is 6.07 Å². The van der Waals surface area contributed by atoms with E-state index in [0.29, 0.717) is 18.1 Å². The van der Waals surface area contributed by atoms with Crippen LogP contribution in [-0.4, -0.2) is 36.7 Å². The Morgan fingerprint density at radius 2 is 1.96 bits per heavy atom. The molecule has 8 nitrogen and oxygen atoms in total. The monoisotopic (exact) mass is 351 g/mol. The molecule has 2 aromatic rings. The summed E-state index contributed by atoms with van der Waals surface area (Å²) in [4.78, 5) is 16.5. The topological polar surface area (TPSA) is 133 Å². The average molecular weight is 351 g/mol. The Balaban J connectivity index is 2.92. The number of benzene rings is 1. The molecule has 2 rings (SSSR count). The fourth-order valence-electron chi connectivity index (χ4n) is 2.64. The molecule has 0 fully saturated rings. The van der Waals surface area contributed by atoms with Crippen molar-refractivity contribution in [1.82, 2.24) is 14.9 Å². The van der Waals surface area contributed by atoms with E-state index < -0.39 is 15.7 Å². The van der Waals surface area contributed by atoms with E-state index in [1.54, 1.807) is 31.5 Å². The van der Waals surface area contributed by atoms with Crippen LogP contribution in [0.4, 0.5) is 11.4 Å². The predicted molar refractivity (Wildman–Crippen MR) is 93.0 cm³/mol. The molecular weight excluding hydrogens is 330 g/mol. The lowest BCUT2D eigenvalue weighted by Gasteiger charge is -2.18. The first-order valence-corrected chi connectivity index (χ1v) is 9.20. The first-order chi connectivity index (χ1) is 11.1. The van der Waals surface area contributed by atoms with Crippen molar-refractivity contribution in [2.24, 2.45) is 0 Å². The van der Waals surface area contributed by atoms with Crippen molar-refractivity contribution in [2.75, 3.05) is 24.3 Å². The number of carbonyl (C=O) groups excluding carboxylic acids is 1. The molecule has 5 N–H and O–H groups in total. The number of nitrogens with two attached hydrogens (primary N) is 2. The van der Waals surface area contributed by atoms with Gasteiger partial charge in [-0.25, -0.2) is 13.4 Å². The molecule has 130 valence electrons. The normalized spacial score (nSPS) is 11.5. The zero-order chi connectivity index (χ0) is 18.2. The van der Waals surface area contributed by atoms with Gasteiger partial charge in [0.2, 0.25) is 0 Å². The third kappa shape index (κ3) is 3.07. The molecule has 0 saturated carbocycles. The van der Waals surface area contributed by atoms with Crippen molar-refractivity contribution in [3.8, 4) is 5.69 Å². The highest BCUT2D eigenvalue weighted by Gasteiger charge is 2.26. The SMILES string of the molecule is CCNC(=O)c1cc(N)c(S(C)(=O)=O)c(N)c1-n1cc(C)nc1C. The highest BCUT2D eigenvalue weighted by Crippen LogP contribution is 2.35. The standard InChI is InChI=1S/C15H21N5O3S/c1-5-18-15(21)10-6-11(16)14(24(4,22)23)12(17)13(10)20-7-8(2)19-9(20)3/h6-7H,5,16-17H2,1-4H3,(H,18,21).